The zero-order valence-corrected chi connectivity index (χ0v) is 11.9. The molecule has 1 aliphatic rings. The third-order valence-corrected chi connectivity index (χ3v) is 4.89. The number of cyclic esters (lactones) is 1. The fourth-order valence-corrected chi connectivity index (χ4v) is 3.23. The van der Waals surface area contributed by atoms with E-state index in [1.165, 1.54) is 12.1 Å². The lowest BCUT2D eigenvalue weighted by atomic mass is 10.0. The largest absolute Gasteiger partial charge is 0.461 e. The van der Waals surface area contributed by atoms with Crippen LogP contribution in [0.4, 0.5) is 0 Å². The minimum Gasteiger partial charge on any atom is -0.461 e. The Kier molecular flexibility index (Phi) is 3.64. The van der Waals surface area contributed by atoms with Crippen molar-refractivity contribution in [1.82, 2.24) is 4.72 Å². The van der Waals surface area contributed by atoms with E-state index in [0.717, 1.165) is 5.56 Å². The van der Waals surface area contributed by atoms with Gasteiger partial charge < -0.3 is 4.74 Å². The Labute approximate surface area is 113 Å². The zero-order chi connectivity index (χ0) is 14.2. The molecule has 1 aliphatic heterocycles. The summed E-state index contributed by atoms with van der Waals surface area (Å²) < 4.78 is 31.8. The molecule has 0 saturated carbocycles. The van der Waals surface area contributed by atoms with Gasteiger partial charge in [0.1, 0.15) is 12.1 Å². The van der Waals surface area contributed by atoms with E-state index in [1.54, 1.807) is 26.0 Å². The Bertz CT molecular complexity index is 579. The maximum atomic E-state index is 12.2. The molecule has 0 radical (unpaired) electrons. The molecule has 3 atom stereocenters. The van der Waals surface area contributed by atoms with Crippen LogP contribution in [0.1, 0.15) is 19.4 Å². The smallest absolute Gasteiger partial charge is 0.324 e. The first-order valence-corrected chi connectivity index (χ1v) is 7.59. The topological polar surface area (TPSA) is 72.5 Å². The van der Waals surface area contributed by atoms with Crippen molar-refractivity contribution in [3.8, 4) is 0 Å². The van der Waals surface area contributed by atoms with Crippen molar-refractivity contribution in [3.63, 3.8) is 0 Å². The number of hydrogen-bond acceptors (Lipinski definition) is 4. The average Bonchev–Trinajstić information content (AvgIpc) is 2.56. The highest BCUT2D eigenvalue weighted by molar-refractivity contribution is 7.89. The Morgan fingerprint density at radius 1 is 1.16 bits per heavy atom. The monoisotopic (exact) mass is 283 g/mol. The molecule has 0 bridgehead atoms. The van der Waals surface area contributed by atoms with E-state index in [-0.39, 0.29) is 16.9 Å². The molecule has 19 heavy (non-hydrogen) atoms. The Morgan fingerprint density at radius 3 is 2.21 bits per heavy atom. The van der Waals surface area contributed by atoms with Crippen LogP contribution in [-0.4, -0.2) is 26.5 Å². The van der Waals surface area contributed by atoms with Crippen molar-refractivity contribution in [3.05, 3.63) is 29.8 Å². The van der Waals surface area contributed by atoms with Crippen molar-refractivity contribution in [2.24, 2.45) is 5.92 Å². The number of hydrogen-bond donors (Lipinski definition) is 1. The van der Waals surface area contributed by atoms with Crippen LogP contribution < -0.4 is 4.72 Å². The van der Waals surface area contributed by atoms with Gasteiger partial charge in [0.05, 0.1) is 4.90 Å². The first-order valence-electron chi connectivity index (χ1n) is 6.11. The molecule has 1 saturated heterocycles. The maximum Gasteiger partial charge on any atom is 0.324 e. The number of carbonyl (C=O) groups excluding carboxylic acids is 1. The quantitative estimate of drug-likeness (QED) is 0.847. The van der Waals surface area contributed by atoms with Crippen LogP contribution in [0.25, 0.3) is 0 Å². The first kappa shape index (κ1) is 14.0. The number of rotatable bonds is 3. The van der Waals surface area contributed by atoms with Gasteiger partial charge in [-0.2, -0.15) is 4.72 Å². The lowest BCUT2D eigenvalue weighted by Gasteiger charge is -2.15. The second kappa shape index (κ2) is 4.94. The summed E-state index contributed by atoms with van der Waals surface area (Å²) in [5.74, 6) is -0.705. The number of aryl methyl sites for hydroxylation is 1. The minimum atomic E-state index is -3.70. The van der Waals surface area contributed by atoms with E-state index in [0.29, 0.717) is 0 Å². The minimum absolute atomic E-state index is 0.151. The molecule has 0 aliphatic carbocycles. The SMILES string of the molecule is Cc1ccc(S(=O)(=O)N[C@@H]2C(=O)O[C@@H](C)[C@@H]2C)cc1. The molecule has 0 amide bonds. The summed E-state index contributed by atoms with van der Waals surface area (Å²) in [6.07, 6.45) is -0.279. The van der Waals surface area contributed by atoms with Gasteiger partial charge in [0, 0.05) is 5.92 Å². The molecule has 2 rings (SSSR count). The van der Waals surface area contributed by atoms with E-state index >= 15 is 0 Å². The molecule has 5 nitrogen and oxygen atoms in total. The average molecular weight is 283 g/mol. The summed E-state index contributed by atoms with van der Waals surface area (Å²) in [6.45, 7) is 5.42. The summed E-state index contributed by atoms with van der Waals surface area (Å²) in [5, 5.41) is 0. The highest BCUT2D eigenvalue weighted by Crippen LogP contribution is 2.23. The normalized spacial score (nSPS) is 27.3. The Balaban J connectivity index is 2.22. The molecule has 0 unspecified atom stereocenters. The second-order valence-corrected chi connectivity index (χ2v) is 6.63. The summed E-state index contributed by atoms with van der Waals surface area (Å²) in [4.78, 5) is 11.8. The number of esters is 1. The molecule has 1 heterocycles. The van der Waals surface area contributed by atoms with Gasteiger partial charge >= 0.3 is 5.97 Å². The molecule has 0 spiro atoms. The number of benzene rings is 1. The first-order chi connectivity index (χ1) is 8.81. The Hall–Kier alpha value is -1.40. The number of nitrogens with one attached hydrogen (secondary N) is 1. The predicted octanol–water partition coefficient (Wildman–Crippen LogP) is 1.22. The summed E-state index contributed by atoms with van der Waals surface area (Å²) >= 11 is 0. The van der Waals surface area contributed by atoms with Crippen molar-refractivity contribution in [1.29, 1.82) is 0 Å². The Morgan fingerprint density at radius 2 is 1.74 bits per heavy atom. The summed E-state index contributed by atoms with van der Waals surface area (Å²) in [7, 11) is -3.70. The molecule has 1 aromatic carbocycles. The molecule has 6 heteroatoms. The van der Waals surface area contributed by atoms with E-state index in [4.69, 9.17) is 4.74 Å². The van der Waals surface area contributed by atoms with Crippen molar-refractivity contribution in [2.45, 2.75) is 37.8 Å². The molecule has 0 aromatic heterocycles. The van der Waals surface area contributed by atoms with Gasteiger partial charge in [-0.25, -0.2) is 8.42 Å². The van der Waals surface area contributed by atoms with Crippen LogP contribution in [0.2, 0.25) is 0 Å². The third kappa shape index (κ3) is 2.79. The fourth-order valence-electron chi connectivity index (χ4n) is 1.96. The van der Waals surface area contributed by atoms with Gasteiger partial charge in [0.15, 0.2) is 0 Å². The van der Waals surface area contributed by atoms with Gasteiger partial charge in [0.25, 0.3) is 0 Å². The standard InChI is InChI=1S/C13H17NO4S/c1-8-4-6-11(7-5-8)19(16,17)14-12-9(2)10(3)18-13(12)15/h4-7,9-10,12,14H,1-3H3/t9-,10-,12-/m0/s1. The lowest BCUT2D eigenvalue weighted by Crippen LogP contribution is -2.41. The molecular weight excluding hydrogens is 266 g/mol. The number of ether oxygens (including phenoxy) is 1. The van der Waals surface area contributed by atoms with Gasteiger partial charge in [-0.3, -0.25) is 4.79 Å². The van der Waals surface area contributed by atoms with E-state index in [1.807, 2.05) is 6.92 Å². The van der Waals surface area contributed by atoms with Crippen molar-refractivity contribution in [2.75, 3.05) is 0 Å². The molecule has 104 valence electrons. The third-order valence-electron chi connectivity index (χ3n) is 3.44. The van der Waals surface area contributed by atoms with E-state index in [2.05, 4.69) is 4.72 Å². The van der Waals surface area contributed by atoms with E-state index in [9.17, 15) is 13.2 Å². The van der Waals surface area contributed by atoms with Gasteiger partial charge in [-0.15, -0.1) is 0 Å². The van der Waals surface area contributed by atoms with Crippen LogP contribution in [0.5, 0.6) is 0 Å². The summed E-state index contributed by atoms with van der Waals surface area (Å²) in [5.41, 5.74) is 0.973. The zero-order valence-electron chi connectivity index (χ0n) is 11.1. The maximum absolute atomic E-state index is 12.2. The highest BCUT2D eigenvalue weighted by Gasteiger charge is 2.41. The molecular formula is C13H17NO4S. The van der Waals surface area contributed by atoms with Crippen LogP contribution in [0, 0.1) is 12.8 Å². The summed E-state index contributed by atoms with van der Waals surface area (Å²) in [6, 6.07) is 5.65. The van der Waals surface area contributed by atoms with Crippen LogP contribution in [-0.2, 0) is 19.6 Å². The van der Waals surface area contributed by atoms with Gasteiger partial charge in [0.2, 0.25) is 10.0 Å². The number of sulfonamides is 1. The second-order valence-electron chi connectivity index (χ2n) is 4.91. The fraction of sp³-hybridized carbons (Fsp3) is 0.462. The van der Waals surface area contributed by atoms with Gasteiger partial charge in [-0.05, 0) is 26.0 Å². The van der Waals surface area contributed by atoms with Crippen LogP contribution >= 0.6 is 0 Å². The van der Waals surface area contributed by atoms with Gasteiger partial charge in [-0.1, -0.05) is 24.6 Å². The molecule has 1 fully saturated rings. The van der Waals surface area contributed by atoms with Crippen molar-refractivity contribution < 1.29 is 17.9 Å². The molecule has 1 aromatic rings. The van der Waals surface area contributed by atoms with Crippen LogP contribution in [0.15, 0.2) is 29.2 Å². The highest BCUT2D eigenvalue weighted by atomic mass is 32.2. The van der Waals surface area contributed by atoms with Crippen LogP contribution in [0.3, 0.4) is 0 Å². The van der Waals surface area contributed by atoms with E-state index < -0.39 is 22.0 Å². The lowest BCUT2D eigenvalue weighted by molar-refractivity contribution is -0.142. The predicted molar refractivity (Wildman–Crippen MR) is 70.0 cm³/mol. The molecule has 1 N–H and O–H groups in total. The number of carbonyl (C=O) groups is 1. The van der Waals surface area contributed by atoms with Crippen molar-refractivity contribution >= 4 is 16.0 Å².